The van der Waals surface area contributed by atoms with Gasteiger partial charge in [0.1, 0.15) is 0 Å². The Labute approximate surface area is 180 Å². The molecule has 0 radical (unpaired) electrons. The van der Waals surface area contributed by atoms with E-state index in [4.69, 9.17) is 4.74 Å². The summed E-state index contributed by atoms with van der Waals surface area (Å²) in [6.45, 7) is 1.02. The zero-order valence-corrected chi connectivity index (χ0v) is 17.1. The van der Waals surface area contributed by atoms with E-state index >= 15 is 0 Å². The Morgan fingerprint density at radius 3 is 2.45 bits per heavy atom. The number of carbonyl (C=O) groups excluding carboxylic acids is 2. The SMILES string of the molecule is O=C1OC2(CCN(C(=O)C3(c4ccc(-c5ccccc5)nc4)CC3)C2)c2ccccc21. The first-order valence-electron chi connectivity index (χ1n) is 10.8. The second-order valence-corrected chi connectivity index (χ2v) is 8.79. The van der Waals surface area contributed by atoms with E-state index in [0.29, 0.717) is 25.1 Å². The molecule has 31 heavy (non-hydrogen) atoms. The number of carbonyl (C=O) groups is 2. The molecular weight excluding hydrogens is 388 g/mol. The molecule has 1 aliphatic carbocycles. The third kappa shape index (κ3) is 2.73. The maximum absolute atomic E-state index is 13.6. The van der Waals surface area contributed by atoms with Crippen LogP contribution in [0.3, 0.4) is 0 Å². The Kier molecular flexibility index (Phi) is 3.85. The van der Waals surface area contributed by atoms with Crippen LogP contribution in [0.15, 0.2) is 72.9 Å². The fraction of sp³-hybridized carbons (Fsp3) is 0.269. The summed E-state index contributed by atoms with van der Waals surface area (Å²) in [6.07, 6.45) is 4.16. The van der Waals surface area contributed by atoms with Gasteiger partial charge in [-0.05, 0) is 30.5 Å². The van der Waals surface area contributed by atoms with Crippen LogP contribution in [-0.2, 0) is 20.5 Å². The maximum atomic E-state index is 13.6. The quantitative estimate of drug-likeness (QED) is 0.611. The molecule has 6 rings (SSSR count). The smallest absolute Gasteiger partial charge is 0.339 e. The molecule has 1 aromatic heterocycles. The van der Waals surface area contributed by atoms with Gasteiger partial charge in [0.15, 0.2) is 5.60 Å². The number of rotatable bonds is 3. The van der Waals surface area contributed by atoms with Crippen LogP contribution < -0.4 is 0 Å². The van der Waals surface area contributed by atoms with Crippen molar-refractivity contribution in [3.8, 4) is 11.3 Å². The molecule has 154 valence electrons. The molecule has 1 saturated carbocycles. The topological polar surface area (TPSA) is 59.5 Å². The molecule has 1 amide bonds. The summed E-state index contributed by atoms with van der Waals surface area (Å²) in [6, 6.07) is 21.6. The lowest BCUT2D eigenvalue weighted by molar-refractivity contribution is -0.134. The predicted molar refractivity (Wildman–Crippen MR) is 115 cm³/mol. The molecule has 0 N–H and O–H groups in total. The minimum atomic E-state index is -0.700. The van der Waals surface area contributed by atoms with Gasteiger partial charge in [-0.3, -0.25) is 9.78 Å². The summed E-state index contributed by atoms with van der Waals surface area (Å²) < 4.78 is 5.82. The Morgan fingerprint density at radius 2 is 1.71 bits per heavy atom. The zero-order valence-electron chi connectivity index (χ0n) is 17.1. The number of ether oxygens (including phenoxy) is 1. The number of likely N-dealkylation sites (tertiary alicyclic amines) is 1. The van der Waals surface area contributed by atoms with E-state index in [1.165, 1.54) is 0 Å². The van der Waals surface area contributed by atoms with Gasteiger partial charge in [-0.2, -0.15) is 0 Å². The largest absolute Gasteiger partial charge is 0.449 e. The van der Waals surface area contributed by atoms with Gasteiger partial charge in [0.05, 0.1) is 23.2 Å². The number of aromatic nitrogens is 1. The van der Waals surface area contributed by atoms with E-state index < -0.39 is 11.0 Å². The zero-order chi connectivity index (χ0) is 21.1. The summed E-state index contributed by atoms with van der Waals surface area (Å²) in [7, 11) is 0. The Hall–Kier alpha value is -3.47. The molecule has 1 atom stereocenters. The minimum Gasteiger partial charge on any atom is -0.449 e. The Bertz CT molecular complexity index is 1180. The van der Waals surface area contributed by atoms with Crippen LogP contribution >= 0.6 is 0 Å². The normalized spacial score (nSPS) is 23.0. The van der Waals surface area contributed by atoms with Crippen LogP contribution in [0, 0.1) is 0 Å². The van der Waals surface area contributed by atoms with Crippen molar-refractivity contribution in [1.29, 1.82) is 0 Å². The molecule has 1 saturated heterocycles. The van der Waals surface area contributed by atoms with Crippen molar-refractivity contribution < 1.29 is 14.3 Å². The van der Waals surface area contributed by atoms with E-state index in [2.05, 4.69) is 4.98 Å². The second-order valence-electron chi connectivity index (χ2n) is 8.79. The highest BCUT2D eigenvalue weighted by molar-refractivity contribution is 5.96. The molecule has 1 unspecified atom stereocenters. The van der Waals surface area contributed by atoms with Crippen molar-refractivity contribution >= 4 is 11.9 Å². The van der Waals surface area contributed by atoms with Crippen molar-refractivity contribution in [2.24, 2.45) is 0 Å². The highest BCUT2D eigenvalue weighted by Crippen LogP contribution is 2.52. The lowest BCUT2D eigenvalue weighted by Crippen LogP contribution is -2.40. The highest BCUT2D eigenvalue weighted by atomic mass is 16.6. The first-order valence-corrected chi connectivity index (χ1v) is 10.8. The van der Waals surface area contributed by atoms with E-state index in [1.807, 2.05) is 71.8 Å². The summed E-state index contributed by atoms with van der Waals surface area (Å²) in [5, 5.41) is 0. The van der Waals surface area contributed by atoms with Crippen LogP contribution in [0.25, 0.3) is 11.3 Å². The first kappa shape index (κ1) is 18.3. The standard InChI is InChI=1S/C26H22N2O3/c29-23-20-8-4-5-9-21(20)26(31-23)14-15-28(17-26)24(30)25(12-13-25)19-10-11-22(27-16-19)18-6-2-1-3-7-18/h1-11,16H,12-15,17H2. The van der Waals surface area contributed by atoms with Gasteiger partial charge in [-0.15, -0.1) is 0 Å². The van der Waals surface area contributed by atoms with Crippen molar-refractivity contribution in [2.45, 2.75) is 30.3 Å². The third-order valence-electron chi connectivity index (χ3n) is 6.99. The van der Waals surface area contributed by atoms with E-state index in [1.54, 1.807) is 6.07 Å². The lowest BCUT2D eigenvalue weighted by Gasteiger charge is -2.26. The number of esters is 1. The lowest BCUT2D eigenvalue weighted by atomic mass is 9.91. The molecule has 2 aromatic carbocycles. The Morgan fingerprint density at radius 1 is 0.935 bits per heavy atom. The van der Waals surface area contributed by atoms with Gasteiger partial charge < -0.3 is 9.64 Å². The number of hydrogen-bond acceptors (Lipinski definition) is 4. The fourth-order valence-electron chi connectivity index (χ4n) is 5.11. The fourth-order valence-corrected chi connectivity index (χ4v) is 5.11. The van der Waals surface area contributed by atoms with E-state index in [0.717, 1.165) is 35.2 Å². The Balaban J connectivity index is 1.25. The number of hydrogen-bond donors (Lipinski definition) is 0. The number of benzene rings is 2. The van der Waals surface area contributed by atoms with Crippen LogP contribution in [0.4, 0.5) is 0 Å². The molecule has 5 nitrogen and oxygen atoms in total. The van der Waals surface area contributed by atoms with Crippen molar-refractivity contribution in [3.05, 3.63) is 89.6 Å². The maximum Gasteiger partial charge on any atom is 0.339 e. The summed E-state index contributed by atoms with van der Waals surface area (Å²) in [5.74, 6) is -0.161. The van der Waals surface area contributed by atoms with Gasteiger partial charge in [0, 0.05) is 30.3 Å². The number of nitrogens with zero attached hydrogens (tertiary/aromatic N) is 2. The third-order valence-corrected chi connectivity index (χ3v) is 6.99. The summed E-state index contributed by atoms with van der Waals surface area (Å²) in [5.41, 5.74) is 3.29. The average molecular weight is 410 g/mol. The second kappa shape index (κ2) is 6.51. The average Bonchev–Trinajstić information content (AvgIpc) is 3.46. The number of fused-ring (bicyclic) bond motifs is 2. The first-order chi connectivity index (χ1) is 15.1. The molecule has 3 aromatic rings. The van der Waals surface area contributed by atoms with Crippen LogP contribution in [0.1, 0.15) is 40.7 Å². The molecule has 2 fully saturated rings. The van der Waals surface area contributed by atoms with E-state index in [9.17, 15) is 9.59 Å². The number of pyridine rings is 1. The minimum absolute atomic E-state index is 0.124. The van der Waals surface area contributed by atoms with Crippen molar-refractivity contribution in [1.82, 2.24) is 9.88 Å². The molecule has 3 aliphatic rings. The van der Waals surface area contributed by atoms with Gasteiger partial charge in [0.25, 0.3) is 0 Å². The summed E-state index contributed by atoms with van der Waals surface area (Å²) >= 11 is 0. The highest BCUT2D eigenvalue weighted by Gasteiger charge is 2.57. The van der Waals surface area contributed by atoms with Crippen LogP contribution in [0.5, 0.6) is 0 Å². The number of amides is 1. The molecule has 2 aliphatic heterocycles. The molecule has 0 bridgehead atoms. The van der Waals surface area contributed by atoms with Gasteiger partial charge >= 0.3 is 5.97 Å². The van der Waals surface area contributed by atoms with E-state index in [-0.39, 0.29) is 11.9 Å². The van der Waals surface area contributed by atoms with Gasteiger partial charge in [-0.25, -0.2) is 4.79 Å². The van der Waals surface area contributed by atoms with Gasteiger partial charge in [-0.1, -0.05) is 54.6 Å². The van der Waals surface area contributed by atoms with Gasteiger partial charge in [0.2, 0.25) is 5.91 Å². The van der Waals surface area contributed by atoms with Crippen molar-refractivity contribution in [3.63, 3.8) is 0 Å². The van der Waals surface area contributed by atoms with Crippen LogP contribution in [0.2, 0.25) is 0 Å². The summed E-state index contributed by atoms with van der Waals surface area (Å²) in [4.78, 5) is 32.4. The van der Waals surface area contributed by atoms with Crippen LogP contribution in [-0.4, -0.2) is 34.8 Å². The molecule has 1 spiro atoms. The molecule has 3 heterocycles. The molecular formula is C26H22N2O3. The molecule has 5 heteroatoms. The predicted octanol–water partition coefficient (Wildman–Crippen LogP) is 4.08. The van der Waals surface area contributed by atoms with Crippen molar-refractivity contribution in [2.75, 3.05) is 13.1 Å². The monoisotopic (exact) mass is 410 g/mol.